The molecule has 0 bridgehead atoms. The second-order valence-corrected chi connectivity index (χ2v) is 7.03. The highest BCUT2D eigenvalue weighted by molar-refractivity contribution is 7.12. The van der Waals surface area contributed by atoms with E-state index in [2.05, 4.69) is 29.6 Å². The largest absolute Gasteiger partial charge is 0.381 e. The number of thiophene rings is 1. The van der Waals surface area contributed by atoms with E-state index in [0.29, 0.717) is 12.0 Å². The average molecular weight is 279 g/mol. The molecule has 1 saturated heterocycles. The molecule has 2 atom stereocenters. The Morgan fingerprint density at radius 2 is 2.32 bits per heavy atom. The van der Waals surface area contributed by atoms with Gasteiger partial charge in [0.05, 0.1) is 6.61 Å². The minimum atomic E-state index is 0.526. The van der Waals surface area contributed by atoms with Gasteiger partial charge in [0.2, 0.25) is 0 Å². The van der Waals surface area contributed by atoms with Gasteiger partial charge in [0, 0.05) is 28.3 Å². The standard InChI is InChI=1S/C16H25NOS/c1-2-8-17-16(13-7-9-18-11-13)15-10-12-5-3-4-6-14(12)19-15/h10,13,16-17H,2-9,11H2,1H3. The minimum Gasteiger partial charge on any atom is -0.381 e. The van der Waals surface area contributed by atoms with Crippen molar-refractivity contribution in [2.24, 2.45) is 5.92 Å². The molecule has 19 heavy (non-hydrogen) atoms. The molecule has 1 aliphatic carbocycles. The number of nitrogens with one attached hydrogen (secondary N) is 1. The monoisotopic (exact) mass is 279 g/mol. The fourth-order valence-electron chi connectivity index (χ4n) is 3.28. The SMILES string of the molecule is CCCNC(c1cc2c(s1)CCCC2)C1CCOC1. The Hall–Kier alpha value is -0.380. The molecule has 0 radical (unpaired) electrons. The molecule has 1 fully saturated rings. The van der Waals surface area contributed by atoms with Crippen molar-refractivity contribution >= 4 is 11.3 Å². The summed E-state index contributed by atoms with van der Waals surface area (Å²) in [5.74, 6) is 0.673. The highest BCUT2D eigenvalue weighted by Gasteiger charge is 2.28. The molecule has 2 aliphatic rings. The smallest absolute Gasteiger partial charge is 0.0513 e. The van der Waals surface area contributed by atoms with Gasteiger partial charge in [-0.3, -0.25) is 0 Å². The Morgan fingerprint density at radius 1 is 1.42 bits per heavy atom. The average Bonchev–Trinajstić information content (AvgIpc) is 3.08. The summed E-state index contributed by atoms with van der Waals surface area (Å²) in [5, 5.41) is 3.77. The molecule has 1 aromatic heterocycles. The molecule has 3 rings (SSSR count). The van der Waals surface area contributed by atoms with Crippen molar-refractivity contribution in [3.63, 3.8) is 0 Å². The van der Waals surface area contributed by atoms with E-state index in [0.717, 1.165) is 19.8 Å². The van der Waals surface area contributed by atoms with E-state index < -0.39 is 0 Å². The molecule has 1 aromatic rings. The maximum atomic E-state index is 5.61. The van der Waals surface area contributed by atoms with Gasteiger partial charge in [0.25, 0.3) is 0 Å². The Morgan fingerprint density at radius 3 is 3.05 bits per heavy atom. The van der Waals surface area contributed by atoms with E-state index in [-0.39, 0.29) is 0 Å². The Labute approximate surface area is 120 Å². The van der Waals surface area contributed by atoms with Crippen molar-refractivity contribution in [1.82, 2.24) is 5.32 Å². The fraction of sp³-hybridized carbons (Fsp3) is 0.750. The molecule has 3 heteroatoms. The molecule has 0 spiro atoms. The van der Waals surface area contributed by atoms with Crippen molar-refractivity contribution < 1.29 is 4.74 Å². The van der Waals surface area contributed by atoms with Gasteiger partial charge in [0.1, 0.15) is 0 Å². The summed E-state index contributed by atoms with van der Waals surface area (Å²) in [6.07, 6.45) is 7.78. The van der Waals surface area contributed by atoms with Crippen molar-refractivity contribution in [2.75, 3.05) is 19.8 Å². The summed E-state index contributed by atoms with van der Waals surface area (Å²) in [5.41, 5.74) is 1.63. The molecule has 2 unspecified atom stereocenters. The van der Waals surface area contributed by atoms with E-state index in [1.807, 2.05) is 0 Å². The number of aryl methyl sites for hydroxylation is 2. The minimum absolute atomic E-state index is 0.526. The zero-order valence-electron chi connectivity index (χ0n) is 11.9. The zero-order valence-corrected chi connectivity index (χ0v) is 12.7. The molecule has 0 aromatic carbocycles. The van der Waals surface area contributed by atoms with Crippen molar-refractivity contribution in [3.8, 4) is 0 Å². The summed E-state index contributed by atoms with van der Waals surface area (Å²) >= 11 is 2.06. The summed E-state index contributed by atoms with van der Waals surface area (Å²) in [6.45, 7) is 5.24. The van der Waals surface area contributed by atoms with Gasteiger partial charge in [-0.2, -0.15) is 0 Å². The third-order valence-electron chi connectivity index (χ3n) is 4.37. The lowest BCUT2D eigenvalue weighted by molar-refractivity contribution is 0.177. The van der Waals surface area contributed by atoms with Crippen LogP contribution in [0.5, 0.6) is 0 Å². The molecule has 1 N–H and O–H groups in total. The topological polar surface area (TPSA) is 21.3 Å². The molecule has 1 aliphatic heterocycles. The van der Waals surface area contributed by atoms with Gasteiger partial charge >= 0.3 is 0 Å². The highest BCUT2D eigenvalue weighted by Crippen LogP contribution is 2.37. The van der Waals surface area contributed by atoms with Gasteiger partial charge in [-0.05, 0) is 56.7 Å². The van der Waals surface area contributed by atoms with Crippen LogP contribution in [-0.4, -0.2) is 19.8 Å². The van der Waals surface area contributed by atoms with Crippen LogP contribution in [0.2, 0.25) is 0 Å². The van der Waals surface area contributed by atoms with Crippen LogP contribution in [0, 0.1) is 5.92 Å². The third kappa shape index (κ3) is 3.04. The Kier molecular flexibility index (Phi) is 4.57. The number of hydrogen-bond acceptors (Lipinski definition) is 3. The lowest BCUT2D eigenvalue weighted by atomic mass is 9.95. The van der Waals surface area contributed by atoms with Crippen LogP contribution in [0.25, 0.3) is 0 Å². The molecule has 2 heterocycles. The van der Waals surface area contributed by atoms with E-state index in [1.165, 1.54) is 38.5 Å². The molecule has 2 nitrogen and oxygen atoms in total. The fourth-order valence-corrected chi connectivity index (χ4v) is 4.71. The number of rotatable bonds is 5. The Bertz CT molecular complexity index is 385. The first-order chi connectivity index (χ1) is 9.38. The first-order valence-corrected chi connectivity index (χ1v) is 8.62. The summed E-state index contributed by atoms with van der Waals surface area (Å²) in [7, 11) is 0. The van der Waals surface area contributed by atoms with E-state index in [9.17, 15) is 0 Å². The van der Waals surface area contributed by atoms with Crippen LogP contribution in [0.4, 0.5) is 0 Å². The van der Waals surface area contributed by atoms with Crippen molar-refractivity contribution in [3.05, 3.63) is 21.4 Å². The van der Waals surface area contributed by atoms with Crippen LogP contribution in [0.3, 0.4) is 0 Å². The highest BCUT2D eigenvalue weighted by atomic mass is 32.1. The molecular formula is C16H25NOS. The van der Waals surface area contributed by atoms with Crippen molar-refractivity contribution in [2.45, 2.75) is 51.5 Å². The predicted molar refractivity (Wildman–Crippen MR) is 80.9 cm³/mol. The van der Waals surface area contributed by atoms with Crippen LogP contribution in [-0.2, 0) is 17.6 Å². The zero-order chi connectivity index (χ0) is 13.1. The summed E-state index contributed by atoms with van der Waals surface area (Å²) < 4.78 is 5.61. The lowest BCUT2D eigenvalue weighted by Crippen LogP contribution is -2.28. The van der Waals surface area contributed by atoms with Gasteiger partial charge < -0.3 is 10.1 Å². The van der Waals surface area contributed by atoms with Crippen LogP contribution < -0.4 is 5.32 Å². The second kappa shape index (κ2) is 6.38. The van der Waals surface area contributed by atoms with Crippen LogP contribution in [0.15, 0.2) is 6.07 Å². The van der Waals surface area contributed by atoms with Crippen molar-refractivity contribution in [1.29, 1.82) is 0 Å². The number of fused-ring (bicyclic) bond motifs is 1. The normalized spacial score (nSPS) is 24.4. The third-order valence-corrected chi connectivity index (χ3v) is 5.69. The lowest BCUT2D eigenvalue weighted by Gasteiger charge is -2.22. The quantitative estimate of drug-likeness (QED) is 0.887. The summed E-state index contributed by atoms with van der Waals surface area (Å²) in [6, 6.07) is 3.02. The number of hydrogen-bond donors (Lipinski definition) is 1. The van der Waals surface area contributed by atoms with E-state index in [4.69, 9.17) is 4.74 Å². The first kappa shape index (κ1) is 13.6. The first-order valence-electron chi connectivity index (χ1n) is 7.81. The predicted octanol–water partition coefficient (Wildman–Crippen LogP) is 3.70. The second-order valence-electron chi connectivity index (χ2n) is 5.86. The van der Waals surface area contributed by atoms with Gasteiger partial charge in [-0.25, -0.2) is 0 Å². The molecule has 106 valence electrons. The Balaban J connectivity index is 1.79. The molecular weight excluding hydrogens is 254 g/mol. The summed E-state index contributed by atoms with van der Waals surface area (Å²) in [4.78, 5) is 3.22. The van der Waals surface area contributed by atoms with Crippen LogP contribution in [0.1, 0.15) is 54.0 Å². The van der Waals surface area contributed by atoms with Gasteiger partial charge in [0.15, 0.2) is 0 Å². The van der Waals surface area contributed by atoms with Gasteiger partial charge in [-0.15, -0.1) is 11.3 Å². The van der Waals surface area contributed by atoms with Gasteiger partial charge in [-0.1, -0.05) is 6.92 Å². The van der Waals surface area contributed by atoms with E-state index in [1.54, 1.807) is 15.3 Å². The molecule has 0 saturated carbocycles. The maximum absolute atomic E-state index is 5.61. The number of ether oxygens (including phenoxy) is 1. The molecule has 0 amide bonds. The van der Waals surface area contributed by atoms with Crippen LogP contribution >= 0.6 is 11.3 Å². The van der Waals surface area contributed by atoms with E-state index >= 15 is 0 Å². The maximum Gasteiger partial charge on any atom is 0.0513 e.